The number of methoxy groups -OCH3 is 1. The molecule has 0 heterocycles. The highest BCUT2D eigenvalue weighted by Crippen LogP contribution is 2.31. The molecule has 8 heteroatoms. The van der Waals surface area contributed by atoms with E-state index in [0.29, 0.717) is 0 Å². The average molecular weight is 347 g/mol. The number of sulfone groups is 1. The van der Waals surface area contributed by atoms with Crippen LogP contribution in [0.4, 0.5) is 0 Å². The van der Waals surface area contributed by atoms with E-state index in [4.69, 9.17) is 15.4 Å². The zero-order chi connectivity index (χ0) is 15.7. The van der Waals surface area contributed by atoms with Crippen molar-refractivity contribution >= 4 is 29.6 Å². The van der Waals surface area contributed by atoms with Crippen molar-refractivity contribution in [2.24, 2.45) is 0 Å². The summed E-state index contributed by atoms with van der Waals surface area (Å²) >= 11 is 0. The molecule has 2 rings (SSSR count). The summed E-state index contributed by atoms with van der Waals surface area (Å²) in [4.78, 5) is -0.495. The summed E-state index contributed by atoms with van der Waals surface area (Å²) in [6, 6.07) is 11.2. The van der Waals surface area contributed by atoms with Gasteiger partial charge in [-0.15, -0.1) is 0 Å². The number of rotatable bonds is 4. The highest BCUT2D eigenvalue weighted by Gasteiger charge is 2.23. The number of benzene rings is 2. The van der Waals surface area contributed by atoms with E-state index in [-0.39, 0.29) is 20.4 Å². The first kappa shape index (κ1) is 15.8. The Morgan fingerprint density at radius 3 is 2.05 bits per heavy atom. The van der Waals surface area contributed by atoms with Crippen LogP contribution in [-0.4, -0.2) is 23.9 Å². The Bertz CT molecular complexity index is 859. The van der Waals surface area contributed by atoms with Gasteiger partial charge in [0.15, 0.2) is 0 Å². The fraction of sp³-hybridized carbons (Fsp3) is 0.0769. The smallest absolute Gasteiger partial charge is 0.265 e. The lowest BCUT2D eigenvalue weighted by atomic mass is 10.3. The molecule has 5 nitrogen and oxygen atoms in total. The molecule has 0 N–H and O–H groups in total. The predicted octanol–water partition coefficient (Wildman–Crippen LogP) is 2.46. The molecule has 0 saturated heterocycles. The summed E-state index contributed by atoms with van der Waals surface area (Å²) in [5, 5.41) is 0. The van der Waals surface area contributed by atoms with Crippen LogP contribution >= 0.6 is 10.7 Å². The van der Waals surface area contributed by atoms with E-state index in [0.717, 1.165) is 6.07 Å². The summed E-state index contributed by atoms with van der Waals surface area (Å²) < 4.78 is 52.8. The second-order valence-corrected chi connectivity index (χ2v) is 8.55. The molecule has 0 fully saturated rings. The van der Waals surface area contributed by atoms with Crippen LogP contribution in [0.15, 0.2) is 63.2 Å². The third kappa shape index (κ3) is 3.20. The van der Waals surface area contributed by atoms with Crippen LogP contribution < -0.4 is 4.74 Å². The third-order valence-electron chi connectivity index (χ3n) is 2.76. The van der Waals surface area contributed by atoms with E-state index in [1.807, 2.05) is 0 Å². The van der Waals surface area contributed by atoms with Crippen molar-refractivity contribution in [3.8, 4) is 5.75 Å². The molecule has 0 atom stereocenters. The summed E-state index contributed by atoms with van der Waals surface area (Å²) in [6.45, 7) is 0. The number of hydrogen-bond donors (Lipinski definition) is 0. The quantitative estimate of drug-likeness (QED) is 0.795. The Morgan fingerprint density at radius 2 is 1.52 bits per heavy atom. The van der Waals surface area contributed by atoms with Gasteiger partial charge >= 0.3 is 0 Å². The summed E-state index contributed by atoms with van der Waals surface area (Å²) in [7, 11) is -1.38. The average Bonchev–Trinajstić information content (AvgIpc) is 2.46. The van der Waals surface area contributed by atoms with Gasteiger partial charge < -0.3 is 4.74 Å². The van der Waals surface area contributed by atoms with Gasteiger partial charge in [-0.3, -0.25) is 0 Å². The fourth-order valence-electron chi connectivity index (χ4n) is 1.75. The fourth-order valence-corrected chi connectivity index (χ4v) is 4.15. The summed E-state index contributed by atoms with van der Waals surface area (Å²) in [5.74, 6) is -0.0167. The SMILES string of the molecule is COc1ccc(S(=O)(=O)c2ccccc2)cc1S(=O)(=O)Cl. The van der Waals surface area contributed by atoms with Crippen LogP contribution in [0.5, 0.6) is 5.75 Å². The van der Waals surface area contributed by atoms with Crippen molar-refractivity contribution in [3.63, 3.8) is 0 Å². The largest absolute Gasteiger partial charge is 0.495 e. The van der Waals surface area contributed by atoms with E-state index < -0.39 is 18.9 Å². The van der Waals surface area contributed by atoms with Crippen molar-refractivity contribution in [2.45, 2.75) is 14.7 Å². The van der Waals surface area contributed by atoms with Gasteiger partial charge in [-0.25, -0.2) is 16.8 Å². The van der Waals surface area contributed by atoms with Crippen LogP contribution in [0.25, 0.3) is 0 Å². The minimum absolute atomic E-state index is 0.0167. The molecule has 2 aromatic rings. The normalized spacial score (nSPS) is 12.1. The van der Waals surface area contributed by atoms with Gasteiger partial charge in [-0.05, 0) is 30.3 Å². The summed E-state index contributed by atoms with van der Waals surface area (Å²) in [6.07, 6.45) is 0. The maximum absolute atomic E-state index is 12.4. The van der Waals surface area contributed by atoms with Gasteiger partial charge in [-0.2, -0.15) is 0 Å². The van der Waals surface area contributed by atoms with Crippen LogP contribution in [-0.2, 0) is 18.9 Å². The van der Waals surface area contributed by atoms with Gasteiger partial charge in [0.25, 0.3) is 9.05 Å². The highest BCUT2D eigenvalue weighted by atomic mass is 35.7. The molecular formula is C13H11ClO5S2. The van der Waals surface area contributed by atoms with E-state index in [2.05, 4.69) is 0 Å². The van der Waals surface area contributed by atoms with Crippen molar-refractivity contribution in [1.82, 2.24) is 0 Å². The number of ether oxygens (including phenoxy) is 1. The molecule has 0 aliphatic carbocycles. The molecule has 0 spiro atoms. The molecule has 0 aliphatic heterocycles. The highest BCUT2D eigenvalue weighted by molar-refractivity contribution is 8.13. The lowest BCUT2D eigenvalue weighted by molar-refractivity contribution is 0.402. The van der Waals surface area contributed by atoms with Gasteiger partial charge in [0.1, 0.15) is 10.6 Å². The Morgan fingerprint density at radius 1 is 0.905 bits per heavy atom. The van der Waals surface area contributed by atoms with Gasteiger partial charge in [-0.1, -0.05) is 18.2 Å². The van der Waals surface area contributed by atoms with E-state index >= 15 is 0 Å². The maximum atomic E-state index is 12.4. The van der Waals surface area contributed by atoms with Crippen molar-refractivity contribution in [3.05, 3.63) is 48.5 Å². The van der Waals surface area contributed by atoms with Crippen LogP contribution in [0.2, 0.25) is 0 Å². The Hall–Kier alpha value is -1.57. The molecule has 21 heavy (non-hydrogen) atoms. The molecule has 0 unspecified atom stereocenters. The molecule has 0 amide bonds. The van der Waals surface area contributed by atoms with Gasteiger partial charge in [0.2, 0.25) is 9.84 Å². The minimum atomic E-state index is -4.13. The maximum Gasteiger partial charge on any atom is 0.265 e. The summed E-state index contributed by atoms with van der Waals surface area (Å²) in [5.41, 5.74) is 0. The minimum Gasteiger partial charge on any atom is -0.495 e. The number of halogens is 1. The van der Waals surface area contributed by atoms with Gasteiger partial charge in [0.05, 0.1) is 16.9 Å². The van der Waals surface area contributed by atoms with Gasteiger partial charge in [0, 0.05) is 10.7 Å². The first-order valence-electron chi connectivity index (χ1n) is 5.69. The Kier molecular flexibility index (Phi) is 4.27. The van der Waals surface area contributed by atoms with Crippen molar-refractivity contribution in [2.75, 3.05) is 7.11 Å². The van der Waals surface area contributed by atoms with Crippen LogP contribution in [0.1, 0.15) is 0 Å². The van der Waals surface area contributed by atoms with E-state index in [9.17, 15) is 16.8 Å². The topological polar surface area (TPSA) is 77.5 Å². The Labute approximate surface area is 127 Å². The molecule has 2 aromatic carbocycles. The lowest BCUT2D eigenvalue weighted by Crippen LogP contribution is -2.04. The molecule has 0 saturated carbocycles. The van der Waals surface area contributed by atoms with E-state index in [1.54, 1.807) is 18.2 Å². The Balaban J connectivity index is 2.67. The molecule has 0 radical (unpaired) electrons. The van der Waals surface area contributed by atoms with Crippen LogP contribution in [0, 0.1) is 0 Å². The lowest BCUT2D eigenvalue weighted by Gasteiger charge is -2.09. The monoisotopic (exact) mass is 346 g/mol. The molecule has 0 bridgehead atoms. The van der Waals surface area contributed by atoms with Crippen molar-refractivity contribution in [1.29, 1.82) is 0 Å². The predicted molar refractivity (Wildman–Crippen MR) is 77.9 cm³/mol. The first-order valence-corrected chi connectivity index (χ1v) is 9.49. The second-order valence-electron chi connectivity index (χ2n) is 4.07. The zero-order valence-corrected chi connectivity index (χ0v) is 13.2. The van der Waals surface area contributed by atoms with E-state index in [1.165, 1.54) is 31.4 Å². The number of hydrogen-bond acceptors (Lipinski definition) is 5. The zero-order valence-electron chi connectivity index (χ0n) is 10.9. The molecule has 0 aliphatic rings. The first-order chi connectivity index (χ1) is 9.76. The van der Waals surface area contributed by atoms with Crippen LogP contribution in [0.3, 0.4) is 0 Å². The standard InChI is InChI=1S/C13H11ClO5S2/c1-19-12-8-7-11(9-13(12)21(14,17)18)20(15,16)10-5-3-2-4-6-10/h2-9H,1H3. The molecule has 112 valence electrons. The molecular weight excluding hydrogens is 336 g/mol. The second kappa shape index (κ2) is 5.67. The molecule has 0 aromatic heterocycles. The third-order valence-corrected chi connectivity index (χ3v) is 5.87. The van der Waals surface area contributed by atoms with Crippen molar-refractivity contribution < 1.29 is 21.6 Å².